The van der Waals surface area contributed by atoms with Crippen LogP contribution in [0.4, 0.5) is 0 Å². The molecule has 0 amide bonds. The average molecular weight is 301 g/mol. The summed E-state index contributed by atoms with van der Waals surface area (Å²) in [5.41, 5.74) is 8.25. The Bertz CT molecular complexity index is 603. The Labute approximate surface area is 118 Å². The zero-order valence-corrected chi connectivity index (χ0v) is 12.1. The molecular formula is C13H17ClN2O2S. The van der Waals surface area contributed by atoms with Crippen LogP contribution in [-0.4, -0.2) is 37.4 Å². The maximum absolute atomic E-state index is 11.6. The van der Waals surface area contributed by atoms with Crippen molar-refractivity contribution in [2.75, 3.05) is 18.1 Å². The summed E-state index contributed by atoms with van der Waals surface area (Å²) in [4.78, 5) is 2.23. The van der Waals surface area contributed by atoms with Gasteiger partial charge in [-0.2, -0.15) is 0 Å². The summed E-state index contributed by atoms with van der Waals surface area (Å²) in [7, 11) is -2.87. The van der Waals surface area contributed by atoms with Crippen LogP contribution in [0.25, 0.3) is 0 Å². The van der Waals surface area contributed by atoms with Gasteiger partial charge < -0.3 is 5.73 Å². The third kappa shape index (κ3) is 2.40. The third-order valence-electron chi connectivity index (χ3n) is 4.12. The first kappa shape index (κ1) is 13.4. The highest BCUT2D eigenvalue weighted by atomic mass is 35.5. The van der Waals surface area contributed by atoms with Crippen molar-refractivity contribution in [3.05, 3.63) is 34.3 Å². The fraction of sp³-hybridized carbons (Fsp3) is 0.538. The van der Waals surface area contributed by atoms with E-state index < -0.39 is 9.84 Å². The molecule has 1 aromatic carbocycles. The van der Waals surface area contributed by atoms with Gasteiger partial charge in [-0.15, -0.1) is 0 Å². The SMILES string of the molecule is NCC1c2cc(Cl)ccc2CN1C1CCS(=O)(=O)C1. The highest BCUT2D eigenvalue weighted by Crippen LogP contribution is 2.38. The van der Waals surface area contributed by atoms with Gasteiger partial charge in [-0.3, -0.25) is 4.90 Å². The molecule has 19 heavy (non-hydrogen) atoms. The molecule has 6 heteroatoms. The number of hydrogen-bond acceptors (Lipinski definition) is 4. The van der Waals surface area contributed by atoms with E-state index in [1.807, 2.05) is 18.2 Å². The highest BCUT2D eigenvalue weighted by Gasteiger charge is 2.39. The lowest BCUT2D eigenvalue weighted by Crippen LogP contribution is -2.37. The van der Waals surface area contributed by atoms with Crippen LogP contribution in [-0.2, 0) is 16.4 Å². The van der Waals surface area contributed by atoms with Crippen molar-refractivity contribution in [1.29, 1.82) is 0 Å². The molecule has 1 fully saturated rings. The normalized spacial score (nSPS) is 29.6. The zero-order valence-electron chi connectivity index (χ0n) is 10.5. The number of hydrogen-bond donors (Lipinski definition) is 1. The van der Waals surface area contributed by atoms with Crippen LogP contribution < -0.4 is 5.73 Å². The third-order valence-corrected chi connectivity index (χ3v) is 6.11. The van der Waals surface area contributed by atoms with Crippen molar-refractivity contribution in [3.63, 3.8) is 0 Å². The summed E-state index contributed by atoms with van der Waals surface area (Å²) in [6.45, 7) is 1.26. The summed E-state index contributed by atoms with van der Waals surface area (Å²) >= 11 is 6.04. The van der Waals surface area contributed by atoms with Crippen LogP contribution in [0.2, 0.25) is 5.02 Å². The Kier molecular flexibility index (Phi) is 3.33. The zero-order chi connectivity index (χ0) is 13.6. The van der Waals surface area contributed by atoms with E-state index in [0.29, 0.717) is 23.7 Å². The quantitative estimate of drug-likeness (QED) is 0.895. The van der Waals surface area contributed by atoms with Gasteiger partial charge in [-0.1, -0.05) is 17.7 Å². The van der Waals surface area contributed by atoms with Crippen molar-refractivity contribution >= 4 is 21.4 Å². The van der Waals surface area contributed by atoms with Gasteiger partial charge >= 0.3 is 0 Å². The predicted octanol–water partition coefficient (Wildman–Crippen LogP) is 1.34. The first-order valence-electron chi connectivity index (χ1n) is 6.45. The number of nitrogens with zero attached hydrogens (tertiary/aromatic N) is 1. The fourth-order valence-electron chi connectivity index (χ4n) is 3.19. The summed E-state index contributed by atoms with van der Waals surface area (Å²) in [5, 5.41) is 0.707. The monoisotopic (exact) mass is 300 g/mol. The van der Waals surface area contributed by atoms with Gasteiger partial charge in [0.2, 0.25) is 0 Å². The van der Waals surface area contributed by atoms with E-state index in [1.54, 1.807) is 0 Å². The molecule has 3 rings (SSSR count). The number of benzene rings is 1. The van der Waals surface area contributed by atoms with Crippen LogP contribution in [0.3, 0.4) is 0 Å². The molecule has 0 aromatic heterocycles. The van der Waals surface area contributed by atoms with Gasteiger partial charge in [0.1, 0.15) is 0 Å². The molecule has 4 nitrogen and oxygen atoms in total. The number of nitrogens with two attached hydrogens (primary N) is 1. The Morgan fingerprint density at radius 1 is 1.42 bits per heavy atom. The Hall–Kier alpha value is -0.620. The van der Waals surface area contributed by atoms with Gasteiger partial charge in [0, 0.05) is 30.2 Å². The standard InChI is InChI=1S/C13H17ClN2O2S/c14-10-2-1-9-7-16(13(6-15)12(9)5-10)11-3-4-19(17,18)8-11/h1-2,5,11,13H,3-4,6-8,15H2. The van der Waals surface area contributed by atoms with E-state index in [1.165, 1.54) is 5.56 Å². The van der Waals surface area contributed by atoms with E-state index >= 15 is 0 Å². The molecule has 104 valence electrons. The topological polar surface area (TPSA) is 63.4 Å². The maximum atomic E-state index is 11.6. The van der Waals surface area contributed by atoms with Crippen molar-refractivity contribution in [2.45, 2.75) is 25.0 Å². The lowest BCUT2D eigenvalue weighted by atomic mass is 10.0. The van der Waals surface area contributed by atoms with E-state index in [-0.39, 0.29) is 17.8 Å². The van der Waals surface area contributed by atoms with Crippen molar-refractivity contribution in [2.24, 2.45) is 5.73 Å². The molecule has 0 bridgehead atoms. The summed E-state index contributed by atoms with van der Waals surface area (Å²) in [5.74, 6) is 0.549. The van der Waals surface area contributed by atoms with Crippen molar-refractivity contribution in [1.82, 2.24) is 4.90 Å². The Morgan fingerprint density at radius 2 is 2.21 bits per heavy atom. The van der Waals surface area contributed by atoms with Gasteiger partial charge in [-0.05, 0) is 29.7 Å². The summed E-state index contributed by atoms with van der Waals surface area (Å²) in [6.07, 6.45) is 0.709. The molecule has 1 saturated heterocycles. The van der Waals surface area contributed by atoms with E-state index in [2.05, 4.69) is 4.90 Å². The van der Waals surface area contributed by atoms with Crippen LogP contribution in [0.5, 0.6) is 0 Å². The molecule has 2 N–H and O–H groups in total. The minimum absolute atomic E-state index is 0.0877. The minimum Gasteiger partial charge on any atom is -0.329 e. The van der Waals surface area contributed by atoms with Crippen LogP contribution >= 0.6 is 11.6 Å². The second-order valence-electron chi connectivity index (χ2n) is 5.32. The lowest BCUT2D eigenvalue weighted by molar-refractivity contribution is 0.164. The largest absolute Gasteiger partial charge is 0.329 e. The Morgan fingerprint density at radius 3 is 2.84 bits per heavy atom. The number of halogens is 1. The van der Waals surface area contributed by atoms with Gasteiger partial charge in [-0.25, -0.2) is 8.42 Å². The van der Waals surface area contributed by atoms with E-state index in [9.17, 15) is 8.42 Å². The van der Waals surface area contributed by atoms with Crippen LogP contribution in [0, 0.1) is 0 Å². The average Bonchev–Trinajstić information content (AvgIpc) is 2.88. The van der Waals surface area contributed by atoms with E-state index in [0.717, 1.165) is 12.1 Å². The van der Waals surface area contributed by atoms with Gasteiger partial charge in [0.25, 0.3) is 0 Å². The fourth-order valence-corrected chi connectivity index (χ4v) is 5.11. The molecule has 2 aliphatic rings. The number of fused-ring (bicyclic) bond motifs is 1. The molecular weight excluding hydrogens is 284 g/mol. The second kappa shape index (κ2) is 4.74. The number of rotatable bonds is 2. The smallest absolute Gasteiger partial charge is 0.151 e. The summed E-state index contributed by atoms with van der Waals surface area (Å²) in [6, 6.07) is 6.03. The molecule has 1 aromatic rings. The molecule has 2 aliphatic heterocycles. The lowest BCUT2D eigenvalue weighted by Gasteiger charge is -2.29. The molecule has 0 saturated carbocycles. The van der Waals surface area contributed by atoms with Gasteiger partial charge in [0.05, 0.1) is 11.5 Å². The van der Waals surface area contributed by atoms with Gasteiger partial charge in [0.15, 0.2) is 9.84 Å². The van der Waals surface area contributed by atoms with Crippen LogP contribution in [0.1, 0.15) is 23.6 Å². The molecule has 2 heterocycles. The minimum atomic E-state index is -2.87. The Balaban J connectivity index is 1.90. The van der Waals surface area contributed by atoms with Crippen molar-refractivity contribution < 1.29 is 8.42 Å². The predicted molar refractivity (Wildman–Crippen MR) is 75.8 cm³/mol. The van der Waals surface area contributed by atoms with Crippen molar-refractivity contribution in [3.8, 4) is 0 Å². The first-order chi connectivity index (χ1) is 9.00. The molecule has 2 atom stereocenters. The maximum Gasteiger partial charge on any atom is 0.151 e. The second-order valence-corrected chi connectivity index (χ2v) is 7.99. The van der Waals surface area contributed by atoms with E-state index in [4.69, 9.17) is 17.3 Å². The van der Waals surface area contributed by atoms with Crippen LogP contribution in [0.15, 0.2) is 18.2 Å². The molecule has 0 radical (unpaired) electrons. The first-order valence-corrected chi connectivity index (χ1v) is 8.64. The summed E-state index contributed by atoms with van der Waals surface area (Å²) < 4.78 is 23.3. The molecule has 2 unspecified atom stereocenters. The highest BCUT2D eigenvalue weighted by molar-refractivity contribution is 7.91. The molecule has 0 aliphatic carbocycles. The molecule has 0 spiro atoms. The number of sulfone groups is 1.